The van der Waals surface area contributed by atoms with Crippen LogP contribution in [0.4, 0.5) is 0 Å². The van der Waals surface area contributed by atoms with Gasteiger partial charge < -0.3 is 19.8 Å². The van der Waals surface area contributed by atoms with Gasteiger partial charge >= 0.3 is 0 Å². The third-order valence-electron chi connectivity index (χ3n) is 2.35. The number of aliphatic hydroxyl groups excluding tert-OH is 2. The van der Waals surface area contributed by atoms with E-state index in [1.807, 2.05) is 19.0 Å². The van der Waals surface area contributed by atoms with Crippen LogP contribution in [-0.4, -0.2) is 53.7 Å². The predicted molar refractivity (Wildman–Crippen MR) is 44.7 cm³/mol. The Morgan fingerprint density at radius 2 is 1.92 bits per heavy atom. The van der Waals surface area contributed by atoms with E-state index in [4.69, 9.17) is 4.74 Å². The molecule has 1 unspecified atom stereocenters. The Labute approximate surface area is 72.7 Å². The minimum absolute atomic E-state index is 0.0104. The van der Waals surface area contributed by atoms with E-state index >= 15 is 0 Å². The highest BCUT2D eigenvalue weighted by Gasteiger charge is 2.35. The first-order chi connectivity index (χ1) is 5.52. The van der Waals surface area contributed by atoms with Crippen LogP contribution in [0, 0.1) is 0 Å². The summed E-state index contributed by atoms with van der Waals surface area (Å²) in [6, 6.07) is -0.0104. The molecule has 1 heterocycles. The van der Waals surface area contributed by atoms with Gasteiger partial charge in [0, 0.05) is 12.5 Å². The summed E-state index contributed by atoms with van der Waals surface area (Å²) in [5, 5.41) is 18.9. The Hall–Kier alpha value is -0.160. The number of ether oxygens (including phenoxy) is 1. The van der Waals surface area contributed by atoms with Crippen LogP contribution in [0.3, 0.4) is 0 Å². The second-order valence-corrected chi connectivity index (χ2v) is 3.55. The molecule has 0 aliphatic carbocycles. The molecule has 1 fully saturated rings. The van der Waals surface area contributed by atoms with Crippen LogP contribution < -0.4 is 0 Å². The molecule has 4 heteroatoms. The van der Waals surface area contributed by atoms with Gasteiger partial charge in [-0.2, -0.15) is 0 Å². The SMILES string of the molecule is C[C@@H]1OC(O)C[C@@H](N(C)C)[C@H]1O. The van der Waals surface area contributed by atoms with Crippen LogP contribution >= 0.6 is 0 Å². The molecule has 12 heavy (non-hydrogen) atoms. The number of hydrogen-bond donors (Lipinski definition) is 2. The van der Waals surface area contributed by atoms with Crippen molar-refractivity contribution in [3.8, 4) is 0 Å². The van der Waals surface area contributed by atoms with Gasteiger partial charge in [-0.3, -0.25) is 0 Å². The molecule has 0 amide bonds. The van der Waals surface area contributed by atoms with Crippen molar-refractivity contribution in [3.05, 3.63) is 0 Å². The van der Waals surface area contributed by atoms with Crippen LogP contribution in [0.5, 0.6) is 0 Å². The van der Waals surface area contributed by atoms with Crippen molar-refractivity contribution in [2.75, 3.05) is 14.1 Å². The Bertz CT molecular complexity index is 151. The van der Waals surface area contributed by atoms with Crippen molar-refractivity contribution in [2.24, 2.45) is 0 Å². The monoisotopic (exact) mass is 175 g/mol. The number of rotatable bonds is 1. The van der Waals surface area contributed by atoms with Crippen molar-refractivity contribution < 1.29 is 14.9 Å². The summed E-state index contributed by atoms with van der Waals surface area (Å²) in [5.41, 5.74) is 0. The van der Waals surface area contributed by atoms with E-state index in [-0.39, 0.29) is 12.1 Å². The van der Waals surface area contributed by atoms with Gasteiger partial charge in [0.2, 0.25) is 0 Å². The van der Waals surface area contributed by atoms with E-state index in [0.717, 1.165) is 0 Å². The quantitative estimate of drug-likeness (QED) is 0.559. The van der Waals surface area contributed by atoms with E-state index in [1.54, 1.807) is 6.92 Å². The van der Waals surface area contributed by atoms with Crippen molar-refractivity contribution >= 4 is 0 Å². The first-order valence-corrected chi connectivity index (χ1v) is 4.20. The Kier molecular flexibility index (Phi) is 3.06. The standard InChI is InChI=1S/C8H17NO3/c1-5-8(11)6(9(2)3)4-7(10)12-5/h5-8,10-11H,4H2,1-3H3/t5-,6+,7?,8-/m0/s1. The highest BCUT2D eigenvalue weighted by molar-refractivity contribution is 4.85. The maximum atomic E-state index is 9.65. The zero-order valence-corrected chi connectivity index (χ0v) is 7.77. The van der Waals surface area contributed by atoms with Gasteiger partial charge in [0.15, 0.2) is 6.29 Å². The molecule has 4 atom stereocenters. The van der Waals surface area contributed by atoms with Crippen molar-refractivity contribution in [1.29, 1.82) is 0 Å². The average Bonchev–Trinajstić information content (AvgIpc) is 1.96. The first kappa shape index (κ1) is 9.92. The summed E-state index contributed by atoms with van der Waals surface area (Å²) in [7, 11) is 3.78. The smallest absolute Gasteiger partial charge is 0.156 e. The highest BCUT2D eigenvalue weighted by atomic mass is 16.6. The van der Waals surface area contributed by atoms with Gasteiger partial charge in [-0.15, -0.1) is 0 Å². The fourth-order valence-corrected chi connectivity index (χ4v) is 1.56. The topological polar surface area (TPSA) is 52.9 Å². The number of aliphatic hydroxyl groups is 2. The molecule has 1 aliphatic rings. The lowest BCUT2D eigenvalue weighted by molar-refractivity contribution is -0.212. The molecule has 0 bridgehead atoms. The third kappa shape index (κ3) is 1.95. The minimum atomic E-state index is -0.740. The summed E-state index contributed by atoms with van der Waals surface area (Å²) >= 11 is 0. The summed E-state index contributed by atoms with van der Waals surface area (Å²) in [6.45, 7) is 1.77. The molecular weight excluding hydrogens is 158 g/mol. The first-order valence-electron chi connectivity index (χ1n) is 4.20. The molecule has 0 aromatic heterocycles. The lowest BCUT2D eigenvalue weighted by Gasteiger charge is -2.39. The predicted octanol–water partition coefficient (Wildman–Crippen LogP) is -0.595. The van der Waals surface area contributed by atoms with Crippen LogP contribution in [-0.2, 0) is 4.74 Å². The summed E-state index contributed by atoms with van der Waals surface area (Å²) in [4.78, 5) is 1.91. The minimum Gasteiger partial charge on any atom is -0.389 e. The zero-order valence-electron chi connectivity index (χ0n) is 7.77. The van der Waals surface area contributed by atoms with Gasteiger partial charge in [-0.05, 0) is 21.0 Å². The molecule has 0 saturated carbocycles. The van der Waals surface area contributed by atoms with Gasteiger partial charge in [0.25, 0.3) is 0 Å². The summed E-state index contributed by atoms with van der Waals surface area (Å²) in [6.07, 6.45) is -1.07. The fourth-order valence-electron chi connectivity index (χ4n) is 1.56. The molecule has 0 aromatic carbocycles. The summed E-state index contributed by atoms with van der Waals surface area (Å²) < 4.78 is 5.06. The molecule has 4 nitrogen and oxygen atoms in total. The molecule has 0 aromatic rings. The van der Waals surface area contributed by atoms with Gasteiger partial charge in [0.05, 0.1) is 12.2 Å². The van der Waals surface area contributed by atoms with E-state index in [0.29, 0.717) is 6.42 Å². The molecule has 72 valence electrons. The van der Waals surface area contributed by atoms with Crippen LogP contribution in [0.1, 0.15) is 13.3 Å². The third-order valence-corrected chi connectivity index (χ3v) is 2.35. The Morgan fingerprint density at radius 3 is 2.42 bits per heavy atom. The van der Waals surface area contributed by atoms with Crippen molar-refractivity contribution in [3.63, 3.8) is 0 Å². The molecule has 1 rings (SSSR count). The molecular formula is C8H17NO3. The van der Waals surface area contributed by atoms with E-state index in [9.17, 15) is 10.2 Å². The van der Waals surface area contributed by atoms with Crippen LogP contribution in [0.2, 0.25) is 0 Å². The summed E-state index contributed by atoms with van der Waals surface area (Å²) in [5.74, 6) is 0. The average molecular weight is 175 g/mol. The highest BCUT2D eigenvalue weighted by Crippen LogP contribution is 2.21. The number of hydrogen-bond acceptors (Lipinski definition) is 4. The lowest BCUT2D eigenvalue weighted by atomic mass is 9.99. The largest absolute Gasteiger partial charge is 0.389 e. The number of nitrogens with zero attached hydrogens (tertiary/aromatic N) is 1. The maximum absolute atomic E-state index is 9.65. The molecule has 1 aliphatic heterocycles. The van der Waals surface area contributed by atoms with E-state index in [2.05, 4.69) is 0 Å². The van der Waals surface area contributed by atoms with Crippen LogP contribution in [0.25, 0.3) is 0 Å². The van der Waals surface area contributed by atoms with Gasteiger partial charge in [0.1, 0.15) is 0 Å². The zero-order chi connectivity index (χ0) is 9.30. The molecule has 2 N–H and O–H groups in total. The maximum Gasteiger partial charge on any atom is 0.156 e. The van der Waals surface area contributed by atoms with E-state index in [1.165, 1.54) is 0 Å². The second kappa shape index (κ2) is 3.70. The second-order valence-electron chi connectivity index (χ2n) is 3.55. The molecule has 0 radical (unpaired) electrons. The Balaban J connectivity index is 2.60. The fraction of sp³-hybridized carbons (Fsp3) is 1.00. The normalized spacial score (nSPS) is 43.5. The lowest BCUT2D eigenvalue weighted by Crippen LogP contribution is -2.52. The molecule has 1 saturated heterocycles. The number of likely N-dealkylation sites (N-methyl/N-ethyl adjacent to an activating group) is 1. The van der Waals surface area contributed by atoms with Crippen molar-refractivity contribution in [2.45, 2.75) is 37.9 Å². The van der Waals surface area contributed by atoms with Crippen molar-refractivity contribution in [1.82, 2.24) is 4.90 Å². The Morgan fingerprint density at radius 1 is 1.33 bits per heavy atom. The van der Waals surface area contributed by atoms with Crippen LogP contribution in [0.15, 0.2) is 0 Å². The molecule has 0 spiro atoms. The van der Waals surface area contributed by atoms with Gasteiger partial charge in [-0.1, -0.05) is 0 Å². The van der Waals surface area contributed by atoms with Gasteiger partial charge in [-0.25, -0.2) is 0 Å². The van der Waals surface area contributed by atoms with E-state index < -0.39 is 12.4 Å².